The van der Waals surface area contributed by atoms with Crippen LogP contribution in [0.1, 0.15) is 26.7 Å². The van der Waals surface area contributed by atoms with Gasteiger partial charge in [-0.3, -0.25) is 9.59 Å². The fourth-order valence-electron chi connectivity index (χ4n) is 3.68. The highest BCUT2D eigenvalue weighted by molar-refractivity contribution is 6.71. The van der Waals surface area contributed by atoms with E-state index >= 15 is 0 Å². The first kappa shape index (κ1) is 30.6. The van der Waals surface area contributed by atoms with Crippen LogP contribution in [0.5, 0.6) is 0 Å². The lowest BCUT2D eigenvalue weighted by Crippen LogP contribution is -2.48. The van der Waals surface area contributed by atoms with Gasteiger partial charge in [-0.2, -0.15) is 0 Å². The summed E-state index contributed by atoms with van der Waals surface area (Å²) in [5.41, 5.74) is 0.872. The maximum absolute atomic E-state index is 13.4. The quantitative estimate of drug-likeness (QED) is 0.277. The molecule has 10 heteroatoms. The Morgan fingerprint density at radius 3 is 1.85 bits per heavy atom. The van der Waals surface area contributed by atoms with Crippen molar-refractivity contribution in [2.24, 2.45) is 0 Å². The molecule has 1 rings (SSSR count). The van der Waals surface area contributed by atoms with Gasteiger partial charge >= 0.3 is 14.5 Å². The van der Waals surface area contributed by atoms with Crippen molar-refractivity contribution in [3.05, 3.63) is 30.3 Å². The molecule has 0 bridgehead atoms. The molecule has 34 heavy (non-hydrogen) atoms. The fourth-order valence-corrected chi connectivity index (χ4v) is 7.58. The molecule has 0 radical (unpaired) electrons. The van der Waals surface area contributed by atoms with Crippen molar-refractivity contribution in [1.29, 1.82) is 0 Å². The molecule has 1 atom stereocenters. The summed E-state index contributed by atoms with van der Waals surface area (Å²) < 4.78 is 23.6. The molecule has 0 N–H and O–H groups in total. The Morgan fingerprint density at radius 2 is 1.38 bits per heavy atom. The number of benzene rings is 1. The van der Waals surface area contributed by atoms with E-state index in [0.717, 1.165) is 18.2 Å². The van der Waals surface area contributed by atoms with E-state index < -0.39 is 31.2 Å². The Labute approximate surface area is 209 Å². The molecule has 1 aromatic rings. The van der Waals surface area contributed by atoms with Gasteiger partial charge in [-0.05, 0) is 84.3 Å². The summed E-state index contributed by atoms with van der Waals surface area (Å²) in [4.78, 5) is 28.2. The Kier molecular flexibility index (Phi) is 12.2. The molecule has 0 aliphatic rings. The Bertz CT molecular complexity index is 758. The van der Waals surface area contributed by atoms with Gasteiger partial charge in [0.2, 0.25) is 16.6 Å². The first-order valence-corrected chi connectivity index (χ1v) is 21.6. The molecule has 0 spiro atoms. The second-order valence-corrected chi connectivity index (χ2v) is 22.7. The van der Waals surface area contributed by atoms with Gasteiger partial charge in [0.25, 0.3) is 5.97 Å². The third-order valence-corrected chi connectivity index (χ3v) is 9.57. The van der Waals surface area contributed by atoms with E-state index in [-0.39, 0.29) is 18.4 Å². The maximum atomic E-state index is 13.4. The van der Waals surface area contributed by atoms with Crippen molar-refractivity contribution in [2.75, 3.05) is 24.7 Å². The van der Waals surface area contributed by atoms with Crippen LogP contribution in [0.25, 0.3) is 0 Å². The average Bonchev–Trinajstić information content (AvgIpc) is 2.68. The standard InChI is InChI=1S/C24H45NO6Si3/c1-10-28-34(9,29-11-2)19-15-18-25(21-16-13-12-14-17-21)22(24(27)31-33(6,7)8)20-23(26)30-32(3,4)5/h12-14,16-17,22H,10-11,15,18-20H2,1-9H3. The minimum absolute atomic E-state index is 0.0475. The molecule has 194 valence electrons. The van der Waals surface area contributed by atoms with Crippen LogP contribution in [0.15, 0.2) is 30.3 Å². The summed E-state index contributed by atoms with van der Waals surface area (Å²) >= 11 is 0. The smallest absolute Gasteiger partial charge is 0.334 e. The molecule has 0 heterocycles. The van der Waals surface area contributed by atoms with Gasteiger partial charge in [-0.1, -0.05) is 18.2 Å². The molecule has 0 aliphatic heterocycles. The number of carbonyl (C=O) groups is 2. The van der Waals surface area contributed by atoms with Crippen LogP contribution >= 0.6 is 0 Å². The Balaban J connectivity index is 3.23. The predicted octanol–water partition coefficient (Wildman–Crippen LogP) is 5.54. The fraction of sp³-hybridized carbons (Fsp3) is 0.667. The van der Waals surface area contributed by atoms with Crippen molar-refractivity contribution in [1.82, 2.24) is 0 Å². The molecular formula is C24H45NO6Si3. The van der Waals surface area contributed by atoms with Crippen molar-refractivity contribution in [3.63, 3.8) is 0 Å². The van der Waals surface area contributed by atoms with E-state index in [4.69, 9.17) is 17.7 Å². The summed E-state index contributed by atoms with van der Waals surface area (Å²) in [6.07, 6.45) is 0.714. The summed E-state index contributed by atoms with van der Waals surface area (Å²) in [5, 5.41) is 0. The number of nitrogens with zero attached hydrogens (tertiary/aromatic N) is 1. The third kappa shape index (κ3) is 11.8. The lowest BCUT2D eigenvalue weighted by Gasteiger charge is -2.35. The highest BCUT2D eigenvalue weighted by atomic mass is 28.4. The summed E-state index contributed by atoms with van der Waals surface area (Å²) in [6.45, 7) is 19.6. The van der Waals surface area contributed by atoms with Crippen LogP contribution in [0, 0.1) is 0 Å². The van der Waals surface area contributed by atoms with E-state index in [9.17, 15) is 9.59 Å². The average molecular weight is 528 g/mol. The van der Waals surface area contributed by atoms with E-state index in [1.165, 1.54) is 0 Å². The minimum atomic E-state index is -2.30. The first-order valence-electron chi connectivity index (χ1n) is 12.2. The molecule has 0 fully saturated rings. The lowest BCUT2D eigenvalue weighted by molar-refractivity contribution is -0.143. The van der Waals surface area contributed by atoms with Gasteiger partial charge in [0, 0.05) is 25.4 Å². The number of hydrogen-bond donors (Lipinski definition) is 0. The monoisotopic (exact) mass is 527 g/mol. The lowest BCUT2D eigenvalue weighted by atomic mass is 10.1. The molecule has 1 aromatic carbocycles. The summed E-state index contributed by atoms with van der Waals surface area (Å²) in [5.74, 6) is -0.731. The van der Waals surface area contributed by atoms with Crippen molar-refractivity contribution < 1.29 is 27.3 Å². The highest BCUT2D eigenvalue weighted by Gasteiger charge is 2.36. The molecule has 0 aliphatic carbocycles. The zero-order valence-electron chi connectivity index (χ0n) is 22.6. The number of carbonyl (C=O) groups excluding carboxylic acids is 2. The van der Waals surface area contributed by atoms with Crippen molar-refractivity contribution in [3.8, 4) is 0 Å². The molecular weight excluding hydrogens is 483 g/mol. The van der Waals surface area contributed by atoms with Crippen LogP contribution < -0.4 is 4.90 Å². The SMILES string of the molecule is CCO[Si](C)(CCCN(c1ccccc1)C(CC(=O)O[Si](C)(C)C)C(=O)O[Si](C)(C)C)OCC. The minimum Gasteiger partial charge on any atom is -0.520 e. The van der Waals surface area contributed by atoms with Crippen LogP contribution in [0.2, 0.25) is 51.9 Å². The molecule has 0 saturated heterocycles. The van der Waals surface area contributed by atoms with E-state index in [0.29, 0.717) is 19.8 Å². The number of hydrogen-bond acceptors (Lipinski definition) is 7. The highest BCUT2D eigenvalue weighted by Crippen LogP contribution is 2.24. The van der Waals surface area contributed by atoms with Crippen LogP contribution in [0.3, 0.4) is 0 Å². The first-order chi connectivity index (χ1) is 15.7. The van der Waals surface area contributed by atoms with Gasteiger partial charge < -0.3 is 22.6 Å². The van der Waals surface area contributed by atoms with Crippen LogP contribution in [-0.2, 0) is 27.3 Å². The predicted molar refractivity (Wildman–Crippen MR) is 145 cm³/mol. The zero-order chi connectivity index (χ0) is 26.0. The second kappa shape index (κ2) is 13.6. The van der Waals surface area contributed by atoms with Gasteiger partial charge in [0.05, 0.1) is 6.42 Å². The Morgan fingerprint density at radius 1 is 0.853 bits per heavy atom. The molecule has 0 aromatic heterocycles. The third-order valence-electron chi connectivity index (χ3n) is 4.85. The molecule has 1 unspecified atom stereocenters. The maximum Gasteiger partial charge on any atom is 0.334 e. The summed E-state index contributed by atoms with van der Waals surface area (Å²) in [7, 11) is -6.56. The largest absolute Gasteiger partial charge is 0.520 e. The molecule has 0 saturated carbocycles. The van der Waals surface area contributed by atoms with Crippen LogP contribution in [0.4, 0.5) is 5.69 Å². The van der Waals surface area contributed by atoms with Gasteiger partial charge in [0.15, 0.2) is 0 Å². The topological polar surface area (TPSA) is 74.3 Å². The van der Waals surface area contributed by atoms with E-state index in [1.54, 1.807) is 0 Å². The number of para-hydroxylation sites is 1. The van der Waals surface area contributed by atoms with Gasteiger partial charge in [0.1, 0.15) is 6.04 Å². The van der Waals surface area contributed by atoms with Gasteiger partial charge in [-0.25, -0.2) is 0 Å². The van der Waals surface area contributed by atoms with E-state index in [2.05, 4.69) is 6.55 Å². The number of anilines is 1. The molecule has 7 nitrogen and oxygen atoms in total. The van der Waals surface area contributed by atoms with Gasteiger partial charge in [-0.15, -0.1) is 0 Å². The normalized spacial score (nSPS) is 13.3. The summed E-state index contributed by atoms with van der Waals surface area (Å²) in [6, 6.07) is 9.75. The van der Waals surface area contributed by atoms with Crippen molar-refractivity contribution in [2.45, 2.75) is 84.6 Å². The zero-order valence-corrected chi connectivity index (χ0v) is 25.6. The van der Waals surface area contributed by atoms with Crippen LogP contribution in [-0.4, -0.2) is 62.9 Å². The second-order valence-electron chi connectivity index (χ2n) is 10.5. The van der Waals surface area contributed by atoms with E-state index in [1.807, 2.05) is 88.4 Å². The Hall–Kier alpha value is -1.47. The molecule has 0 amide bonds. The number of rotatable bonds is 15. The van der Waals surface area contributed by atoms with Crippen molar-refractivity contribution >= 4 is 42.8 Å².